The van der Waals surface area contributed by atoms with Gasteiger partial charge in [-0.2, -0.15) is 0 Å². The van der Waals surface area contributed by atoms with Gasteiger partial charge in [-0.25, -0.2) is 10.9 Å². The fraction of sp³-hybridized carbons (Fsp3) is 0.333. The number of rotatable bonds is 1. The predicted molar refractivity (Wildman–Crippen MR) is 52.5 cm³/mol. The van der Waals surface area contributed by atoms with Crippen LogP contribution in [0.15, 0.2) is 30.3 Å². The Labute approximate surface area is 76.7 Å². The average molecular weight is 180 g/mol. The molecule has 0 radical (unpaired) electrons. The first-order valence-electron chi connectivity index (χ1n) is 4.01. The third kappa shape index (κ3) is 1.35. The van der Waals surface area contributed by atoms with Crippen molar-refractivity contribution in [2.75, 3.05) is 5.88 Å². The Hall–Kier alpha value is -0.510. The van der Waals surface area contributed by atoms with Crippen LogP contribution in [0.5, 0.6) is 0 Å². The molecule has 1 aromatic rings. The maximum absolute atomic E-state index is 3.26. The van der Waals surface area contributed by atoms with Gasteiger partial charge in [0.2, 0.25) is 0 Å². The fourth-order valence-electron chi connectivity index (χ4n) is 1.33. The van der Waals surface area contributed by atoms with Gasteiger partial charge in [0, 0.05) is 0 Å². The SMILES string of the molecule is CC1(c2ccccc2)NNCS1. The van der Waals surface area contributed by atoms with Gasteiger partial charge in [0.15, 0.2) is 0 Å². The van der Waals surface area contributed by atoms with Crippen LogP contribution in [0.2, 0.25) is 0 Å². The van der Waals surface area contributed by atoms with E-state index < -0.39 is 0 Å². The standard InChI is InChI=1S/C9H12N2S/c1-9(11-10-7-12-9)8-5-3-2-4-6-8/h2-6,10-11H,7H2,1H3. The molecule has 0 aromatic heterocycles. The summed E-state index contributed by atoms with van der Waals surface area (Å²) in [6.45, 7) is 2.19. The van der Waals surface area contributed by atoms with Crippen LogP contribution < -0.4 is 10.9 Å². The molecule has 3 heteroatoms. The van der Waals surface area contributed by atoms with Crippen LogP contribution in [0.4, 0.5) is 0 Å². The molecule has 0 amide bonds. The lowest BCUT2D eigenvalue weighted by molar-refractivity contribution is 0.489. The zero-order chi connectivity index (χ0) is 8.44. The van der Waals surface area contributed by atoms with E-state index in [-0.39, 0.29) is 4.87 Å². The van der Waals surface area contributed by atoms with E-state index in [4.69, 9.17) is 0 Å². The highest BCUT2D eigenvalue weighted by Crippen LogP contribution is 2.34. The molecule has 1 fully saturated rings. The van der Waals surface area contributed by atoms with Crippen LogP contribution in [0.25, 0.3) is 0 Å². The van der Waals surface area contributed by atoms with Gasteiger partial charge in [0.1, 0.15) is 4.87 Å². The van der Waals surface area contributed by atoms with Crippen molar-refractivity contribution in [3.8, 4) is 0 Å². The van der Waals surface area contributed by atoms with Gasteiger partial charge in [0.25, 0.3) is 0 Å². The minimum absolute atomic E-state index is 0.0429. The van der Waals surface area contributed by atoms with Gasteiger partial charge < -0.3 is 0 Å². The molecule has 2 N–H and O–H groups in total. The van der Waals surface area contributed by atoms with E-state index in [1.165, 1.54) is 5.56 Å². The number of benzene rings is 1. The van der Waals surface area contributed by atoms with E-state index in [1.807, 2.05) is 17.8 Å². The normalized spacial score (nSPS) is 29.1. The second-order valence-corrected chi connectivity index (χ2v) is 4.38. The summed E-state index contributed by atoms with van der Waals surface area (Å²) in [5.74, 6) is 0.964. The van der Waals surface area contributed by atoms with E-state index in [2.05, 4.69) is 42.0 Å². The van der Waals surface area contributed by atoms with Crippen LogP contribution in [-0.2, 0) is 4.87 Å². The quantitative estimate of drug-likeness (QED) is 0.687. The molecule has 1 aliphatic heterocycles. The molecule has 12 heavy (non-hydrogen) atoms. The smallest absolute Gasteiger partial charge is 0.101 e. The van der Waals surface area contributed by atoms with Gasteiger partial charge in [0.05, 0.1) is 5.88 Å². The zero-order valence-corrected chi connectivity index (χ0v) is 7.82. The highest BCUT2D eigenvalue weighted by atomic mass is 32.2. The summed E-state index contributed by atoms with van der Waals surface area (Å²) in [5.41, 5.74) is 7.71. The molecule has 1 atom stereocenters. The summed E-state index contributed by atoms with van der Waals surface area (Å²) in [6, 6.07) is 10.5. The number of hydrogen-bond acceptors (Lipinski definition) is 3. The van der Waals surface area contributed by atoms with Crippen molar-refractivity contribution in [3.63, 3.8) is 0 Å². The molecule has 1 heterocycles. The molecule has 64 valence electrons. The van der Waals surface area contributed by atoms with Crippen LogP contribution in [0.3, 0.4) is 0 Å². The Morgan fingerprint density at radius 1 is 1.33 bits per heavy atom. The summed E-state index contributed by atoms with van der Waals surface area (Å²) < 4.78 is 0. The number of nitrogens with one attached hydrogen (secondary N) is 2. The third-order valence-corrected chi connectivity index (χ3v) is 3.29. The van der Waals surface area contributed by atoms with Crippen molar-refractivity contribution in [3.05, 3.63) is 35.9 Å². The molecule has 0 bridgehead atoms. The largest absolute Gasteiger partial charge is 0.246 e. The Bertz CT molecular complexity index is 254. The molecule has 2 nitrogen and oxygen atoms in total. The summed E-state index contributed by atoms with van der Waals surface area (Å²) >= 11 is 1.88. The molecule has 1 unspecified atom stereocenters. The predicted octanol–water partition coefficient (Wildman–Crippen LogP) is 1.66. The Morgan fingerprint density at radius 3 is 2.67 bits per heavy atom. The minimum atomic E-state index is 0.0429. The Kier molecular flexibility index (Phi) is 2.09. The van der Waals surface area contributed by atoms with Gasteiger partial charge in [-0.1, -0.05) is 30.3 Å². The summed E-state index contributed by atoms with van der Waals surface area (Å²) in [4.78, 5) is 0.0429. The highest BCUT2D eigenvalue weighted by Gasteiger charge is 2.30. The van der Waals surface area contributed by atoms with Crippen LogP contribution in [-0.4, -0.2) is 5.88 Å². The number of thioether (sulfide) groups is 1. The molecule has 2 rings (SSSR count). The maximum Gasteiger partial charge on any atom is 0.101 e. The van der Waals surface area contributed by atoms with Gasteiger partial charge in [-0.15, -0.1) is 11.8 Å². The van der Waals surface area contributed by atoms with Crippen LogP contribution in [0.1, 0.15) is 12.5 Å². The lowest BCUT2D eigenvalue weighted by atomic mass is 10.1. The van der Waals surface area contributed by atoms with Crippen molar-refractivity contribution >= 4 is 11.8 Å². The molecule has 0 aliphatic carbocycles. The fourth-order valence-corrected chi connectivity index (χ4v) is 2.21. The average Bonchev–Trinajstić information content (AvgIpc) is 2.55. The molecule has 1 saturated heterocycles. The Morgan fingerprint density at radius 2 is 2.08 bits per heavy atom. The minimum Gasteiger partial charge on any atom is -0.246 e. The molecular weight excluding hydrogens is 168 g/mol. The zero-order valence-electron chi connectivity index (χ0n) is 7.00. The van der Waals surface area contributed by atoms with Crippen molar-refractivity contribution in [1.29, 1.82) is 0 Å². The molecule has 0 spiro atoms. The number of hydrogen-bond donors (Lipinski definition) is 2. The first kappa shape index (κ1) is 8.10. The van der Waals surface area contributed by atoms with E-state index in [0.717, 1.165) is 5.88 Å². The lowest BCUT2D eigenvalue weighted by Gasteiger charge is -2.22. The van der Waals surface area contributed by atoms with Crippen molar-refractivity contribution in [2.45, 2.75) is 11.8 Å². The van der Waals surface area contributed by atoms with Crippen LogP contribution >= 0.6 is 11.8 Å². The van der Waals surface area contributed by atoms with Gasteiger partial charge in [-0.05, 0) is 12.5 Å². The summed E-state index contributed by atoms with van der Waals surface area (Å²) in [7, 11) is 0. The van der Waals surface area contributed by atoms with Crippen molar-refractivity contribution in [1.82, 2.24) is 10.9 Å². The van der Waals surface area contributed by atoms with E-state index in [9.17, 15) is 0 Å². The van der Waals surface area contributed by atoms with E-state index >= 15 is 0 Å². The highest BCUT2D eigenvalue weighted by molar-refractivity contribution is 8.00. The van der Waals surface area contributed by atoms with E-state index in [1.54, 1.807) is 0 Å². The Balaban J connectivity index is 2.29. The topological polar surface area (TPSA) is 24.1 Å². The summed E-state index contributed by atoms with van der Waals surface area (Å²) in [6.07, 6.45) is 0. The van der Waals surface area contributed by atoms with Gasteiger partial charge in [-0.3, -0.25) is 0 Å². The summed E-state index contributed by atoms with van der Waals surface area (Å²) in [5, 5.41) is 0. The second kappa shape index (κ2) is 3.09. The first-order valence-corrected chi connectivity index (χ1v) is 4.99. The van der Waals surface area contributed by atoms with Crippen molar-refractivity contribution < 1.29 is 0 Å². The maximum atomic E-state index is 3.26. The monoisotopic (exact) mass is 180 g/mol. The van der Waals surface area contributed by atoms with E-state index in [0.29, 0.717) is 0 Å². The van der Waals surface area contributed by atoms with Crippen molar-refractivity contribution in [2.24, 2.45) is 0 Å². The second-order valence-electron chi connectivity index (χ2n) is 2.99. The molecule has 1 aromatic carbocycles. The van der Waals surface area contributed by atoms with Gasteiger partial charge >= 0.3 is 0 Å². The number of hydrazine groups is 1. The van der Waals surface area contributed by atoms with Crippen LogP contribution in [0, 0.1) is 0 Å². The molecular formula is C9H12N2S. The molecule has 0 saturated carbocycles. The first-order chi connectivity index (χ1) is 5.81. The lowest BCUT2D eigenvalue weighted by Crippen LogP contribution is -2.37. The third-order valence-electron chi connectivity index (χ3n) is 2.08. The molecule has 1 aliphatic rings.